The van der Waals surface area contributed by atoms with Gasteiger partial charge < -0.3 is 15.6 Å². The summed E-state index contributed by atoms with van der Waals surface area (Å²) >= 11 is 11.6. The summed E-state index contributed by atoms with van der Waals surface area (Å²) in [5.74, 6) is -0.183. The summed E-state index contributed by atoms with van der Waals surface area (Å²) in [6.07, 6.45) is 2.35. The fourth-order valence-corrected chi connectivity index (χ4v) is 2.75. The van der Waals surface area contributed by atoms with Crippen molar-refractivity contribution in [2.45, 2.75) is 32.7 Å². The molecule has 1 aliphatic heterocycles. The molecule has 1 unspecified atom stereocenters. The first-order chi connectivity index (χ1) is 8.90. The van der Waals surface area contributed by atoms with Gasteiger partial charge in [0, 0.05) is 12.6 Å². The Hall–Kier alpha value is -0.710. The largest absolute Gasteiger partial charge is 0.349 e. The molecule has 0 aromatic carbocycles. The zero-order chi connectivity index (χ0) is 14.0. The van der Waals surface area contributed by atoms with Crippen LogP contribution in [-0.2, 0) is 0 Å². The van der Waals surface area contributed by atoms with Crippen molar-refractivity contribution in [3.63, 3.8) is 0 Å². The zero-order valence-corrected chi connectivity index (χ0v) is 12.7. The molecule has 0 saturated carbocycles. The summed E-state index contributed by atoms with van der Waals surface area (Å²) in [6, 6.07) is 1.82. The van der Waals surface area contributed by atoms with Gasteiger partial charge in [-0.3, -0.25) is 4.79 Å². The Kier molecular flexibility index (Phi) is 4.43. The number of halogens is 2. The van der Waals surface area contributed by atoms with Crippen LogP contribution in [0.4, 0.5) is 0 Å². The Morgan fingerprint density at radius 3 is 2.84 bits per heavy atom. The minimum Gasteiger partial charge on any atom is -0.349 e. The first kappa shape index (κ1) is 14.7. The van der Waals surface area contributed by atoms with Crippen molar-refractivity contribution in [1.82, 2.24) is 15.6 Å². The maximum Gasteiger partial charge on any atom is 0.267 e. The molecular formula is C13H19Cl2N3O. The van der Waals surface area contributed by atoms with E-state index >= 15 is 0 Å². The van der Waals surface area contributed by atoms with Crippen LogP contribution in [0, 0.1) is 5.41 Å². The quantitative estimate of drug-likeness (QED) is 0.804. The molecule has 4 nitrogen and oxygen atoms in total. The second kappa shape index (κ2) is 5.73. The normalized spacial score (nSPS) is 22.2. The molecule has 1 aromatic heterocycles. The minimum atomic E-state index is -0.183. The van der Waals surface area contributed by atoms with Crippen LogP contribution >= 0.6 is 23.2 Å². The van der Waals surface area contributed by atoms with Gasteiger partial charge in [0.05, 0.1) is 5.02 Å². The smallest absolute Gasteiger partial charge is 0.267 e. The lowest BCUT2D eigenvalue weighted by molar-refractivity contribution is 0.0924. The highest BCUT2D eigenvalue weighted by molar-refractivity contribution is 6.41. The number of carbonyl (C=O) groups excluding carboxylic acids is 1. The molecule has 1 saturated heterocycles. The summed E-state index contributed by atoms with van der Waals surface area (Å²) in [5.41, 5.74) is 0.583. The number of hydrogen-bond acceptors (Lipinski definition) is 2. The molecule has 19 heavy (non-hydrogen) atoms. The summed E-state index contributed by atoms with van der Waals surface area (Å²) in [4.78, 5) is 14.7. The Balaban J connectivity index is 1.93. The number of aromatic nitrogens is 1. The monoisotopic (exact) mass is 303 g/mol. The fourth-order valence-electron chi connectivity index (χ4n) is 2.44. The van der Waals surface area contributed by atoms with Crippen molar-refractivity contribution < 1.29 is 4.79 Å². The van der Waals surface area contributed by atoms with Crippen LogP contribution in [0.1, 0.15) is 37.2 Å². The molecule has 3 N–H and O–H groups in total. The second-order valence-electron chi connectivity index (χ2n) is 5.65. The van der Waals surface area contributed by atoms with Crippen LogP contribution in [0.25, 0.3) is 0 Å². The van der Waals surface area contributed by atoms with Crippen LogP contribution in [0.3, 0.4) is 0 Å². The number of hydrogen-bond donors (Lipinski definition) is 3. The second-order valence-corrected chi connectivity index (χ2v) is 6.44. The molecule has 1 fully saturated rings. The Morgan fingerprint density at radius 1 is 1.53 bits per heavy atom. The molecule has 106 valence electrons. The predicted octanol–water partition coefficient (Wildman–Crippen LogP) is 2.83. The van der Waals surface area contributed by atoms with Gasteiger partial charge in [-0.1, -0.05) is 37.0 Å². The summed E-state index contributed by atoms with van der Waals surface area (Å²) < 4.78 is 0. The van der Waals surface area contributed by atoms with E-state index in [0.29, 0.717) is 22.4 Å². The predicted molar refractivity (Wildman–Crippen MR) is 78.0 cm³/mol. The number of rotatable bonds is 3. The highest BCUT2D eigenvalue weighted by Gasteiger charge is 2.32. The lowest BCUT2D eigenvalue weighted by Crippen LogP contribution is -2.52. The summed E-state index contributed by atoms with van der Waals surface area (Å²) in [5, 5.41) is 7.03. The maximum atomic E-state index is 12.0. The standard InChI is InChI=1S/C13H19Cl2N3O/c1-13(2)4-3-5-16-10(13)7-17-12(19)9-6-8(14)11(15)18-9/h6,10,16,18H,3-5,7H2,1-2H3,(H,17,19). The van der Waals surface area contributed by atoms with E-state index in [1.807, 2.05) is 0 Å². The molecule has 6 heteroatoms. The van der Waals surface area contributed by atoms with E-state index in [9.17, 15) is 4.79 Å². The van der Waals surface area contributed by atoms with Gasteiger partial charge in [-0.15, -0.1) is 0 Å². The van der Waals surface area contributed by atoms with Crippen molar-refractivity contribution in [3.05, 3.63) is 21.9 Å². The van der Waals surface area contributed by atoms with Gasteiger partial charge in [-0.05, 0) is 30.9 Å². The van der Waals surface area contributed by atoms with Crippen molar-refractivity contribution >= 4 is 29.1 Å². The Labute approximate surface area is 123 Å². The number of piperidine rings is 1. The lowest BCUT2D eigenvalue weighted by atomic mass is 9.77. The molecule has 1 aromatic rings. The first-order valence-corrected chi connectivity index (χ1v) is 7.21. The van der Waals surface area contributed by atoms with E-state index in [1.54, 1.807) is 6.07 Å². The van der Waals surface area contributed by atoms with Crippen LogP contribution in [-0.4, -0.2) is 30.0 Å². The number of aromatic amines is 1. The Bertz CT molecular complexity index is 451. The number of H-pyrrole nitrogens is 1. The molecule has 2 heterocycles. The van der Waals surface area contributed by atoms with Gasteiger partial charge in [-0.25, -0.2) is 0 Å². The highest BCUT2D eigenvalue weighted by Crippen LogP contribution is 2.29. The van der Waals surface area contributed by atoms with Gasteiger partial charge in [0.25, 0.3) is 5.91 Å². The molecule has 0 radical (unpaired) electrons. The topological polar surface area (TPSA) is 56.9 Å². The van der Waals surface area contributed by atoms with E-state index in [0.717, 1.165) is 6.54 Å². The van der Waals surface area contributed by atoms with E-state index in [4.69, 9.17) is 23.2 Å². The molecule has 1 aliphatic rings. The number of nitrogens with one attached hydrogen (secondary N) is 3. The van der Waals surface area contributed by atoms with Gasteiger partial charge >= 0.3 is 0 Å². The van der Waals surface area contributed by atoms with Gasteiger partial charge in [-0.2, -0.15) is 0 Å². The SMILES string of the molecule is CC1(C)CCCNC1CNC(=O)c1cc(Cl)c(Cl)[nH]1. The average Bonchev–Trinajstić information content (AvgIpc) is 2.67. The summed E-state index contributed by atoms with van der Waals surface area (Å²) in [7, 11) is 0. The molecule has 0 aliphatic carbocycles. The third-order valence-corrected chi connectivity index (χ3v) is 4.46. The van der Waals surface area contributed by atoms with Crippen molar-refractivity contribution in [1.29, 1.82) is 0 Å². The van der Waals surface area contributed by atoms with E-state index in [2.05, 4.69) is 29.5 Å². The van der Waals surface area contributed by atoms with E-state index in [1.165, 1.54) is 12.8 Å². The number of carbonyl (C=O) groups is 1. The van der Waals surface area contributed by atoms with Crippen molar-refractivity contribution in [2.24, 2.45) is 5.41 Å². The minimum absolute atomic E-state index is 0.183. The molecule has 0 bridgehead atoms. The average molecular weight is 304 g/mol. The third-order valence-electron chi connectivity index (χ3n) is 3.77. The Morgan fingerprint density at radius 2 is 2.26 bits per heavy atom. The molecule has 2 rings (SSSR count). The highest BCUT2D eigenvalue weighted by atomic mass is 35.5. The van der Waals surface area contributed by atoms with Gasteiger partial charge in [0.2, 0.25) is 0 Å². The fraction of sp³-hybridized carbons (Fsp3) is 0.615. The molecule has 1 amide bonds. The zero-order valence-electron chi connectivity index (χ0n) is 11.1. The van der Waals surface area contributed by atoms with Gasteiger partial charge in [0.1, 0.15) is 10.8 Å². The van der Waals surface area contributed by atoms with E-state index < -0.39 is 0 Å². The van der Waals surface area contributed by atoms with E-state index in [-0.39, 0.29) is 17.4 Å². The van der Waals surface area contributed by atoms with Gasteiger partial charge in [0.15, 0.2) is 0 Å². The maximum absolute atomic E-state index is 12.0. The van der Waals surface area contributed by atoms with Crippen molar-refractivity contribution in [2.75, 3.05) is 13.1 Å². The summed E-state index contributed by atoms with van der Waals surface area (Å²) in [6.45, 7) is 6.04. The van der Waals surface area contributed by atoms with Crippen LogP contribution in [0.5, 0.6) is 0 Å². The van der Waals surface area contributed by atoms with Crippen molar-refractivity contribution in [3.8, 4) is 0 Å². The van der Waals surface area contributed by atoms with Crippen LogP contribution < -0.4 is 10.6 Å². The molecule has 1 atom stereocenters. The number of amides is 1. The van der Waals surface area contributed by atoms with Crippen LogP contribution in [0.2, 0.25) is 10.2 Å². The molecular weight excluding hydrogens is 285 g/mol. The first-order valence-electron chi connectivity index (χ1n) is 6.46. The lowest BCUT2D eigenvalue weighted by Gasteiger charge is -2.39. The third kappa shape index (κ3) is 3.44. The molecule has 0 spiro atoms. The van der Waals surface area contributed by atoms with Crippen LogP contribution in [0.15, 0.2) is 6.07 Å².